The summed E-state index contributed by atoms with van der Waals surface area (Å²) in [6, 6.07) is 1.83. The number of hydrogen-bond acceptors (Lipinski definition) is 8. The average Bonchev–Trinajstić information content (AvgIpc) is 2.84. The van der Waals surface area contributed by atoms with Gasteiger partial charge in [0, 0.05) is 40.1 Å². The molecule has 2 N–H and O–H groups in total. The second-order valence-corrected chi connectivity index (χ2v) is 4.14. The molecular formula is C12H18N6O2. The molecule has 2 aromatic heterocycles. The first-order chi connectivity index (χ1) is 9.71. The van der Waals surface area contributed by atoms with E-state index in [2.05, 4.69) is 30.7 Å². The first-order valence-corrected chi connectivity index (χ1v) is 6.29. The zero-order valence-corrected chi connectivity index (χ0v) is 11.8. The van der Waals surface area contributed by atoms with Gasteiger partial charge in [-0.2, -0.15) is 4.98 Å². The maximum atomic E-state index is 5.05. The van der Waals surface area contributed by atoms with Gasteiger partial charge < -0.3 is 19.9 Å². The van der Waals surface area contributed by atoms with E-state index >= 15 is 0 Å². The monoisotopic (exact) mass is 278 g/mol. The average molecular weight is 278 g/mol. The van der Waals surface area contributed by atoms with Gasteiger partial charge in [-0.1, -0.05) is 5.16 Å². The Morgan fingerprint density at radius 1 is 1.20 bits per heavy atom. The molecule has 108 valence electrons. The van der Waals surface area contributed by atoms with Crippen molar-refractivity contribution < 1.29 is 9.26 Å². The van der Waals surface area contributed by atoms with E-state index < -0.39 is 0 Å². The molecule has 0 atom stereocenters. The highest BCUT2D eigenvalue weighted by Gasteiger charge is 2.05. The molecule has 0 radical (unpaired) electrons. The molecule has 0 saturated carbocycles. The fraction of sp³-hybridized carbons (Fsp3) is 0.500. The highest BCUT2D eigenvalue weighted by molar-refractivity contribution is 5.47. The van der Waals surface area contributed by atoms with Gasteiger partial charge in [0.15, 0.2) is 11.6 Å². The summed E-state index contributed by atoms with van der Waals surface area (Å²) < 4.78 is 9.96. The highest BCUT2D eigenvalue weighted by atomic mass is 16.5. The molecule has 0 amide bonds. The number of methoxy groups -OCH3 is 1. The van der Waals surface area contributed by atoms with Gasteiger partial charge in [0.2, 0.25) is 5.89 Å². The Hall–Kier alpha value is -2.22. The Morgan fingerprint density at radius 2 is 2.00 bits per heavy atom. The van der Waals surface area contributed by atoms with Crippen molar-refractivity contribution in [2.75, 3.05) is 31.3 Å². The van der Waals surface area contributed by atoms with Crippen LogP contribution in [-0.4, -0.2) is 40.8 Å². The Labute approximate surface area is 117 Å². The lowest BCUT2D eigenvalue weighted by Crippen LogP contribution is -2.10. The second kappa shape index (κ2) is 6.80. The summed E-state index contributed by atoms with van der Waals surface area (Å²) in [7, 11) is 3.42. The summed E-state index contributed by atoms with van der Waals surface area (Å²) in [5.74, 6) is 3.34. The molecule has 8 heteroatoms. The van der Waals surface area contributed by atoms with Crippen molar-refractivity contribution >= 4 is 11.6 Å². The number of hydrogen-bond donors (Lipinski definition) is 2. The molecule has 0 aromatic carbocycles. The second-order valence-electron chi connectivity index (χ2n) is 4.14. The zero-order valence-electron chi connectivity index (χ0n) is 11.8. The summed E-state index contributed by atoms with van der Waals surface area (Å²) in [4.78, 5) is 12.8. The molecule has 0 saturated heterocycles. The van der Waals surface area contributed by atoms with Crippen LogP contribution in [-0.2, 0) is 17.8 Å². The van der Waals surface area contributed by atoms with Gasteiger partial charge in [-0.25, -0.2) is 9.97 Å². The molecule has 20 heavy (non-hydrogen) atoms. The smallest absolute Gasteiger partial charge is 0.223 e. The molecule has 2 aromatic rings. The zero-order chi connectivity index (χ0) is 14.4. The predicted octanol–water partition coefficient (Wildman–Crippen LogP) is 1.01. The molecular weight excluding hydrogens is 260 g/mol. The van der Waals surface area contributed by atoms with Gasteiger partial charge in [0.1, 0.15) is 18.2 Å². The van der Waals surface area contributed by atoms with Crippen LogP contribution in [0.15, 0.2) is 10.6 Å². The van der Waals surface area contributed by atoms with Crippen LogP contribution in [0.3, 0.4) is 0 Å². The minimum atomic E-state index is 0.369. The number of ether oxygens (including phenoxy) is 1. The number of aryl methyl sites for hydroxylation is 1. The highest BCUT2D eigenvalue weighted by Crippen LogP contribution is 2.11. The molecule has 0 fully saturated rings. The van der Waals surface area contributed by atoms with Crippen LogP contribution in [0.2, 0.25) is 0 Å². The largest absolute Gasteiger partial charge is 0.377 e. The van der Waals surface area contributed by atoms with Crippen LogP contribution < -0.4 is 10.6 Å². The van der Waals surface area contributed by atoms with E-state index in [0.29, 0.717) is 37.1 Å². The van der Waals surface area contributed by atoms with Crippen LogP contribution in [0.5, 0.6) is 0 Å². The van der Waals surface area contributed by atoms with E-state index in [-0.39, 0.29) is 0 Å². The van der Waals surface area contributed by atoms with Crippen LogP contribution in [0.25, 0.3) is 0 Å². The summed E-state index contributed by atoms with van der Waals surface area (Å²) in [6.07, 6.45) is 0.663. The van der Waals surface area contributed by atoms with E-state index in [9.17, 15) is 0 Å². The lowest BCUT2D eigenvalue weighted by molar-refractivity contribution is 0.178. The summed E-state index contributed by atoms with van der Waals surface area (Å²) in [5.41, 5.74) is 0. The van der Waals surface area contributed by atoms with E-state index in [4.69, 9.17) is 9.26 Å². The summed E-state index contributed by atoms with van der Waals surface area (Å²) in [6.45, 7) is 2.80. The first kappa shape index (κ1) is 14.2. The molecule has 0 aliphatic heterocycles. The van der Waals surface area contributed by atoms with Crippen LogP contribution in [0.4, 0.5) is 11.6 Å². The molecule has 0 bridgehead atoms. The fourth-order valence-electron chi connectivity index (χ4n) is 1.65. The quantitative estimate of drug-likeness (QED) is 0.774. The molecule has 0 aliphatic rings. The van der Waals surface area contributed by atoms with E-state index in [0.717, 1.165) is 11.6 Å². The number of rotatable bonds is 7. The maximum Gasteiger partial charge on any atom is 0.223 e. The van der Waals surface area contributed by atoms with Gasteiger partial charge >= 0.3 is 0 Å². The number of nitrogens with zero attached hydrogens (tertiary/aromatic N) is 4. The summed E-state index contributed by atoms with van der Waals surface area (Å²) in [5, 5.41) is 10.0. The van der Waals surface area contributed by atoms with Crippen molar-refractivity contribution in [3.8, 4) is 0 Å². The van der Waals surface area contributed by atoms with Crippen molar-refractivity contribution in [2.24, 2.45) is 0 Å². The maximum absolute atomic E-state index is 5.05. The Morgan fingerprint density at radius 3 is 2.65 bits per heavy atom. The topological polar surface area (TPSA) is 98.0 Å². The van der Waals surface area contributed by atoms with Crippen molar-refractivity contribution in [3.63, 3.8) is 0 Å². The van der Waals surface area contributed by atoms with E-state index in [1.165, 1.54) is 0 Å². The molecule has 0 unspecified atom stereocenters. The van der Waals surface area contributed by atoms with E-state index in [1.807, 2.05) is 13.1 Å². The fourth-order valence-corrected chi connectivity index (χ4v) is 1.65. The van der Waals surface area contributed by atoms with Crippen molar-refractivity contribution in [3.05, 3.63) is 23.6 Å². The predicted molar refractivity (Wildman–Crippen MR) is 73.5 cm³/mol. The molecule has 0 aliphatic carbocycles. The molecule has 2 heterocycles. The lowest BCUT2D eigenvalue weighted by atomic mass is 10.4. The normalized spacial score (nSPS) is 10.6. The SMILES string of the molecule is CNc1cc(NCCc2noc(C)n2)nc(COC)n1. The third-order valence-corrected chi connectivity index (χ3v) is 2.53. The number of nitrogens with one attached hydrogen (secondary N) is 2. The van der Waals surface area contributed by atoms with Crippen molar-refractivity contribution in [1.29, 1.82) is 0 Å². The first-order valence-electron chi connectivity index (χ1n) is 6.29. The molecule has 8 nitrogen and oxygen atoms in total. The van der Waals surface area contributed by atoms with Gasteiger partial charge in [0.05, 0.1) is 0 Å². The Balaban J connectivity index is 1.95. The third kappa shape index (κ3) is 3.89. The molecule has 2 rings (SSSR count). The van der Waals surface area contributed by atoms with Gasteiger partial charge in [-0.05, 0) is 0 Å². The van der Waals surface area contributed by atoms with Gasteiger partial charge in [0.25, 0.3) is 0 Å². The van der Waals surface area contributed by atoms with Gasteiger partial charge in [-0.15, -0.1) is 0 Å². The Kier molecular flexibility index (Phi) is 4.83. The summed E-state index contributed by atoms with van der Waals surface area (Å²) >= 11 is 0. The molecule has 0 spiro atoms. The van der Waals surface area contributed by atoms with Crippen molar-refractivity contribution in [2.45, 2.75) is 20.0 Å². The lowest BCUT2D eigenvalue weighted by Gasteiger charge is -2.08. The standard InChI is InChI=1S/C12H18N6O2/c1-8-15-9(18-20-8)4-5-14-11-6-10(13-2)16-12(17-11)7-19-3/h6H,4-5,7H2,1-3H3,(H2,13,14,16,17). The van der Waals surface area contributed by atoms with Crippen molar-refractivity contribution in [1.82, 2.24) is 20.1 Å². The van der Waals surface area contributed by atoms with Crippen LogP contribution >= 0.6 is 0 Å². The van der Waals surface area contributed by atoms with Crippen LogP contribution in [0, 0.1) is 6.92 Å². The van der Waals surface area contributed by atoms with Crippen LogP contribution in [0.1, 0.15) is 17.5 Å². The number of anilines is 2. The minimum absolute atomic E-state index is 0.369. The Bertz CT molecular complexity index is 557. The third-order valence-electron chi connectivity index (χ3n) is 2.53. The van der Waals surface area contributed by atoms with E-state index in [1.54, 1.807) is 14.0 Å². The van der Waals surface area contributed by atoms with Gasteiger partial charge in [-0.3, -0.25) is 0 Å². The number of aromatic nitrogens is 4. The minimum Gasteiger partial charge on any atom is -0.377 e.